The number of hydrogen-bond acceptors (Lipinski definition) is 2. The number of nitrogens with one attached hydrogen (secondary N) is 1. The molecule has 0 saturated heterocycles. The standard InChI is InChI=1S/C15H32N2/c1-2-3-4-5-6-9-15(13-16)17-12-7-8-14-10-11-14/h14-15,17H,2-13,16H2,1H3. The van der Waals surface area contributed by atoms with E-state index in [1.807, 2.05) is 0 Å². The quantitative estimate of drug-likeness (QED) is 0.513. The van der Waals surface area contributed by atoms with E-state index in [4.69, 9.17) is 5.73 Å². The molecule has 3 N–H and O–H groups in total. The molecule has 0 amide bonds. The lowest BCUT2D eigenvalue weighted by atomic mass is 10.1. The Kier molecular flexibility index (Phi) is 8.72. The summed E-state index contributed by atoms with van der Waals surface area (Å²) in [6.45, 7) is 4.24. The van der Waals surface area contributed by atoms with E-state index in [1.54, 1.807) is 0 Å². The van der Waals surface area contributed by atoms with Gasteiger partial charge in [-0.25, -0.2) is 0 Å². The van der Waals surface area contributed by atoms with Crippen molar-refractivity contribution in [2.75, 3.05) is 13.1 Å². The van der Waals surface area contributed by atoms with Crippen LogP contribution in [0.3, 0.4) is 0 Å². The summed E-state index contributed by atoms with van der Waals surface area (Å²) in [6, 6.07) is 0.566. The largest absolute Gasteiger partial charge is 0.329 e. The lowest BCUT2D eigenvalue weighted by Gasteiger charge is -2.16. The molecular formula is C15H32N2. The lowest BCUT2D eigenvalue weighted by Crippen LogP contribution is -2.36. The van der Waals surface area contributed by atoms with Crippen molar-refractivity contribution in [1.82, 2.24) is 5.32 Å². The third kappa shape index (κ3) is 8.62. The highest BCUT2D eigenvalue weighted by Gasteiger charge is 2.20. The van der Waals surface area contributed by atoms with Gasteiger partial charge in [-0.3, -0.25) is 0 Å². The number of rotatable bonds is 12. The maximum Gasteiger partial charge on any atom is 0.0190 e. The second-order valence-corrected chi connectivity index (χ2v) is 5.68. The molecule has 0 aromatic rings. The zero-order valence-electron chi connectivity index (χ0n) is 11.7. The van der Waals surface area contributed by atoms with Crippen LogP contribution in [0, 0.1) is 5.92 Å². The van der Waals surface area contributed by atoms with Crippen molar-refractivity contribution < 1.29 is 0 Å². The van der Waals surface area contributed by atoms with Gasteiger partial charge in [0.2, 0.25) is 0 Å². The second kappa shape index (κ2) is 9.90. The minimum atomic E-state index is 0.566. The molecule has 1 saturated carbocycles. The molecule has 0 aromatic carbocycles. The van der Waals surface area contributed by atoms with E-state index in [-0.39, 0.29) is 0 Å². The van der Waals surface area contributed by atoms with Gasteiger partial charge in [0.1, 0.15) is 0 Å². The van der Waals surface area contributed by atoms with Gasteiger partial charge >= 0.3 is 0 Å². The van der Waals surface area contributed by atoms with Crippen LogP contribution in [0.25, 0.3) is 0 Å². The molecule has 0 aliphatic heterocycles. The number of hydrogen-bond donors (Lipinski definition) is 2. The Balaban J connectivity index is 1.86. The van der Waals surface area contributed by atoms with Crippen molar-refractivity contribution in [2.24, 2.45) is 11.7 Å². The lowest BCUT2D eigenvalue weighted by molar-refractivity contribution is 0.449. The monoisotopic (exact) mass is 240 g/mol. The third-order valence-corrected chi connectivity index (χ3v) is 3.86. The smallest absolute Gasteiger partial charge is 0.0190 e. The van der Waals surface area contributed by atoms with E-state index in [0.717, 1.165) is 12.5 Å². The first-order chi connectivity index (χ1) is 8.36. The predicted molar refractivity (Wildman–Crippen MR) is 76.2 cm³/mol. The predicted octanol–water partition coefficient (Wildman–Crippen LogP) is 3.45. The molecule has 0 radical (unpaired) electrons. The minimum Gasteiger partial charge on any atom is -0.329 e. The van der Waals surface area contributed by atoms with Gasteiger partial charge in [0, 0.05) is 12.6 Å². The maximum atomic E-state index is 5.81. The summed E-state index contributed by atoms with van der Waals surface area (Å²) in [4.78, 5) is 0. The summed E-state index contributed by atoms with van der Waals surface area (Å²) in [5, 5.41) is 3.62. The van der Waals surface area contributed by atoms with Crippen LogP contribution >= 0.6 is 0 Å². The summed E-state index contributed by atoms with van der Waals surface area (Å²) in [7, 11) is 0. The molecular weight excluding hydrogens is 208 g/mol. The molecule has 1 unspecified atom stereocenters. The van der Waals surface area contributed by atoms with Gasteiger partial charge in [-0.1, -0.05) is 51.9 Å². The minimum absolute atomic E-state index is 0.566. The third-order valence-electron chi connectivity index (χ3n) is 3.86. The average molecular weight is 240 g/mol. The molecule has 0 bridgehead atoms. The van der Waals surface area contributed by atoms with Crippen molar-refractivity contribution >= 4 is 0 Å². The van der Waals surface area contributed by atoms with Crippen LogP contribution in [0.15, 0.2) is 0 Å². The van der Waals surface area contributed by atoms with Crippen molar-refractivity contribution in [3.05, 3.63) is 0 Å². The summed E-state index contributed by atoms with van der Waals surface area (Å²) in [5.74, 6) is 1.07. The molecule has 1 atom stereocenters. The zero-order valence-corrected chi connectivity index (χ0v) is 11.7. The fourth-order valence-electron chi connectivity index (χ4n) is 2.40. The normalized spacial score (nSPS) is 17.3. The highest BCUT2D eigenvalue weighted by molar-refractivity contribution is 4.74. The van der Waals surface area contributed by atoms with Gasteiger partial charge in [0.25, 0.3) is 0 Å². The molecule has 1 rings (SSSR count). The number of unbranched alkanes of at least 4 members (excludes halogenated alkanes) is 4. The summed E-state index contributed by atoms with van der Waals surface area (Å²) < 4.78 is 0. The van der Waals surface area contributed by atoms with Crippen LogP contribution in [-0.2, 0) is 0 Å². The Morgan fingerprint density at radius 3 is 2.53 bits per heavy atom. The van der Waals surface area contributed by atoms with E-state index < -0.39 is 0 Å². The highest BCUT2D eigenvalue weighted by atomic mass is 14.9. The molecule has 1 fully saturated rings. The molecule has 17 heavy (non-hydrogen) atoms. The SMILES string of the molecule is CCCCCCCC(CN)NCCCC1CC1. The van der Waals surface area contributed by atoms with Crippen LogP contribution in [0.2, 0.25) is 0 Å². The topological polar surface area (TPSA) is 38.0 Å². The molecule has 2 heteroatoms. The molecule has 0 heterocycles. The fraction of sp³-hybridized carbons (Fsp3) is 1.00. The van der Waals surface area contributed by atoms with Crippen LogP contribution in [0.4, 0.5) is 0 Å². The molecule has 102 valence electrons. The summed E-state index contributed by atoms with van der Waals surface area (Å²) in [6.07, 6.45) is 13.9. The average Bonchev–Trinajstić information content (AvgIpc) is 3.15. The summed E-state index contributed by atoms with van der Waals surface area (Å²) in [5.41, 5.74) is 5.81. The van der Waals surface area contributed by atoms with E-state index in [1.165, 1.54) is 70.8 Å². The van der Waals surface area contributed by atoms with E-state index in [2.05, 4.69) is 12.2 Å². The Morgan fingerprint density at radius 1 is 1.12 bits per heavy atom. The van der Waals surface area contributed by atoms with E-state index in [0.29, 0.717) is 6.04 Å². The number of nitrogens with two attached hydrogens (primary N) is 1. The first kappa shape index (κ1) is 15.0. The maximum absolute atomic E-state index is 5.81. The summed E-state index contributed by atoms with van der Waals surface area (Å²) >= 11 is 0. The van der Waals surface area contributed by atoms with E-state index in [9.17, 15) is 0 Å². The highest BCUT2D eigenvalue weighted by Crippen LogP contribution is 2.33. The van der Waals surface area contributed by atoms with Crippen molar-refractivity contribution in [3.8, 4) is 0 Å². The first-order valence-corrected chi connectivity index (χ1v) is 7.80. The van der Waals surface area contributed by atoms with Crippen molar-refractivity contribution in [1.29, 1.82) is 0 Å². The van der Waals surface area contributed by atoms with Crippen molar-refractivity contribution in [3.63, 3.8) is 0 Å². The van der Waals surface area contributed by atoms with Crippen LogP contribution in [0.1, 0.15) is 71.1 Å². The fourth-order valence-corrected chi connectivity index (χ4v) is 2.40. The second-order valence-electron chi connectivity index (χ2n) is 5.68. The van der Waals surface area contributed by atoms with Gasteiger partial charge in [-0.15, -0.1) is 0 Å². The van der Waals surface area contributed by atoms with Gasteiger partial charge in [-0.2, -0.15) is 0 Å². The van der Waals surface area contributed by atoms with Crippen molar-refractivity contribution in [2.45, 2.75) is 77.2 Å². The van der Waals surface area contributed by atoms with Gasteiger partial charge in [-0.05, 0) is 31.7 Å². The van der Waals surface area contributed by atoms with E-state index >= 15 is 0 Å². The molecule has 1 aliphatic rings. The zero-order chi connectivity index (χ0) is 12.3. The molecule has 0 aromatic heterocycles. The molecule has 1 aliphatic carbocycles. The molecule has 0 spiro atoms. The Labute approximate surface area is 108 Å². The first-order valence-electron chi connectivity index (χ1n) is 7.80. The van der Waals surface area contributed by atoms with Crippen LogP contribution in [0.5, 0.6) is 0 Å². The van der Waals surface area contributed by atoms with Gasteiger partial charge in [0.05, 0.1) is 0 Å². The van der Waals surface area contributed by atoms with Crippen LogP contribution < -0.4 is 11.1 Å². The van der Waals surface area contributed by atoms with Gasteiger partial charge < -0.3 is 11.1 Å². The Morgan fingerprint density at radius 2 is 1.88 bits per heavy atom. The molecule has 2 nitrogen and oxygen atoms in total. The van der Waals surface area contributed by atoms with Crippen LogP contribution in [-0.4, -0.2) is 19.1 Å². The van der Waals surface area contributed by atoms with Gasteiger partial charge in [0.15, 0.2) is 0 Å². The Bertz CT molecular complexity index is 166. The Hall–Kier alpha value is -0.0800.